The summed E-state index contributed by atoms with van der Waals surface area (Å²) in [5, 5.41) is 0. The third-order valence-corrected chi connectivity index (χ3v) is 3.24. The molecule has 0 fully saturated rings. The number of halogens is 3. The number of rotatable bonds is 9. The third-order valence-electron chi connectivity index (χ3n) is 3.24. The van der Waals surface area contributed by atoms with Gasteiger partial charge in [0, 0.05) is 6.08 Å². The molecule has 0 saturated carbocycles. The van der Waals surface area contributed by atoms with Crippen LogP contribution in [0.25, 0.3) is 6.08 Å². The number of para-hydroxylation sites is 1. The lowest BCUT2D eigenvalue weighted by Crippen LogP contribution is -2.10. The fourth-order valence-electron chi connectivity index (χ4n) is 2.05. The molecular weight excluding hydrogens is 365 g/mol. The monoisotopic (exact) mass is 382 g/mol. The van der Waals surface area contributed by atoms with Crippen molar-refractivity contribution >= 4 is 12.0 Å². The van der Waals surface area contributed by atoms with E-state index in [0.29, 0.717) is 5.56 Å². The maximum absolute atomic E-state index is 13.3. The average molecular weight is 382 g/mol. The Labute approximate surface area is 153 Å². The molecule has 0 amide bonds. The predicted octanol–water partition coefficient (Wildman–Crippen LogP) is 4.07. The summed E-state index contributed by atoms with van der Waals surface area (Å²) in [6.07, 6.45) is 2.58. The van der Waals surface area contributed by atoms with Crippen molar-refractivity contribution in [3.05, 3.63) is 59.9 Å². The SMILES string of the molecule is COc1cc(/C=C/C(=O)OCCOc2ccccc2F)ccc1OC(F)F. The highest BCUT2D eigenvalue weighted by Gasteiger charge is 2.10. The van der Waals surface area contributed by atoms with E-state index in [-0.39, 0.29) is 30.5 Å². The van der Waals surface area contributed by atoms with Crippen LogP contribution in [0, 0.1) is 5.82 Å². The summed E-state index contributed by atoms with van der Waals surface area (Å²) in [5.74, 6) is -1.08. The van der Waals surface area contributed by atoms with Gasteiger partial charge in [-0.1, -0.05) is 18.2 Å². The lowest BCUT2D eigenvalue weighted by atomic mass is 10.2. The van der Waals surface area contributed by atoms with Crippen LogP contribution in [0.5, 0.6) is 17.2 Å². The largest absolute Gasteiger partial charge is 0.493 e. The van der Waals surface area contributed by atoms with Crippen molar-refractivity contribution < 1.29 is 36.9 Å². The number of carbonyl (C=O) groups excluding carboxylic acids is 1. The molecule has 0 aromatic heterocycles. The molecule has 0 saturated heterocycles. The number of alkyl halides is 2. The molecule has 2 aromatic rings. The van der Waals surface area contributed by atoms with Gasteiger partial charge in [0.25, 0.3) is 0 Å². The van der Waals surface area contributed by atoms with Crippen LogP contribution in [0.3, 0.4) is 0 Å². The average Bonchev–Trinajstić information content (AvgIpc) is 2.65. The Morgan fingerprint density at radius 3 is 2.56 bits per heavy atom. The standard InChI is InChI=1S/C19H17F3O5/c1-24-17-12-13(6-8-16(17)27-19(21)22)7-9-18(23)26-11-10-25-15-5-3-2-4-14(15)20/h2-9,12,19H,10-11H2,1H3/b9-7+. The molecule has 27 heavy (non-hydrogen) atoms. The van der Waals surface area contributed by atoms with E-state index in [0.717, 1.165) is 6.08 Å². The van der Waals surface area contributed by atoms with Crippen molar-refractivity contribution in [2.24, 2.45) is 0 Å². The highest BCUT2D eigenvalue weighted by Crippen LogP contribution is 2.29. The van der Waals surface area contributed by atoms with Crippen LogP contribution in [0.15, 0.2) is 48.5 Å². The Kier molecular flexibility index (Phi) is 7.54. The first-order chi connectivity index (χ1) is 13.0. The van der Waals surface area contributed by atoms with Crippen molar-refractivity contribution in [3.63, 3.8) is 0 Å². The molecule has 0 unspecified atom stereocenters. The van der Waals surface area contributed by atoms with Gasteiger partial charge < -0.3 is 18.9 Å². The second-order valence-electron chi connectivity index (χ2n) is 5.07. The molecule has 0 atom stereocenters. The van der Waals surface area contributed by atoms with Crippen LogP contribution >= 0.6 is 0 Å². The normalized spacial score (nSPS) is 10.9. The van der Waals surface area contributed by atoms with Gasteiger partial charge in [-0.2, -0.15) is 8.78 Å². The quantitative estimate of drug-likeness (QED) is 0.372. The van der Waals surface area contributed by atoms with Crippen LogP contribution in [-0.2, 0) is 9.53 Å². The molecule has 0 radical (unpaired) electrons. The molecule has 2 aromatic carbocycles. The first kappa shape index (κ1) is 20.2. The number of methoxy groups -OCH3 is 1. The van der Waals surface area contributed by atoms with E-state index in [4.69, 9.17) is 14.2 Å². The second-order valence-corrected chi connectivity index (χ2v) is 5.07. The molecular formula is C19H17F3O5. The van der Waals surface area contributed by atoms with Gasteiger partial charge in [0.1, 0.15) is 13.2 Å². The Hall–Kier alpha value is -3.16. The van der Waals surface area contributed by atoms with Crippen LogP contribution < -0.4 is 14.2 Å². The number of ether oxygens (including phenoxy) is 4. The maximum Gasteiger partial charge on any atom is 0.387 e. The van der Waals surface area contributed by atoms with Gasteiger partial charge in [-0.05, 0) is 35.9 Å². The van der Waals surface area contributed by atoms with Crippen molar-refractivity contribution in [1.82, 2.24) is 0 Å². The molecule has 2 rings (SSSR count). The summed E-state index contributed by atoms with van der Waals surface area (Å²) in [4.78, 5) is 11.7. The minimum atomic E-state index is -2.97. The van der Waals surface area contributed by atoms with Crippen molar-refractivity contribution in [2.75, 3.05) is 20.3 Å². The summed E-state index contributed by atoms with van der Waals surface area (Å²) in [6, 6.07) is 10.1. The number of hydrogen-bond donors (Lipinski definition) is 0. The Morgan fingerprint density at radius 2 is 1.85 bits per heavy atom. The van der Waals surface area contributed by atoms with Gasteiger partial charge >= 0.3 is 12.6 Å². The summed E-state index contributed by atoms with van der Waals surface area (Å²) in [6.45, 7) is -3.04. The van der Waals surface area contributed by atoms with Crippen LogP contribution in [-0.4, -0.2) is 32.9 Å². The zero-order valence-electron chi connectivity index (χ0n) is 14.4. The number of hydrogen-bond acceptors (Lipinski definition) is 5. The van der Waals surface area contributed by atoms with E-state index >= 15 is 0 Å². The molecule has 0 spiro atoms. The first-order valence-corrected chi connectivity index (χ1v) is 7.84. The fourth-order valence-corrected chi connectivity index (χ4v) is 2.05. The fraction of sp³-hybridized carbons (Fsp3) is 0.211. The molecule has 0 aliphatic rings. The van der Waals surface area contributed by atoms with Gasteiger partial charge in [-0.15, -0.1) is 0 Å². The van der Waals surface area contributed by atoms with Crippen LogP contribution in [0.1, 0.15) is 5.56 Å². The van der Waals surface area contributed by atoms with Gasteiger partial charge in [0.15, 0.2) is 23.1 Å². The van der Waals surface area contributed by atoms with Crippen LogP contribution in [0.4, 0.5) is 13.2 Å². The van der Waals surface area contributed by atoms with E-state index in [1.54, 1.807) is 6.07 Å². The van der Waals surface area contributed by atoms with E-state index in [2.05, 4.69) is 4.74 Å². The summed E-state index contributed by atoms with van der Waals surface area (Å²) in [7, 11) is 1.31. The molecule has 8 heteroatoms. The topological polar surface area (TPSA) is 54.0 Å². The number of benzene rings is 2. The van der Waals surface area contributed by atoms with Crippen molar-refractivity contribution in [3.8, 4) is 17.2 Å². The number of carbonyl (C=O) groups is 1. The van der Waals surface area contributed by atoms with E-state index < -0.39 is 18.4 Å². The zero-order valence-corrected chi connectivity index (χ0v) is 14.4. The Morgan fingerprint density at radius 1 is 1.07 bits per heavy atom. The van der Waals surface area contributed by atoms with Crippen LogP contribution in [0.2, 0.25) is 0 Å². The third kappa shape index (κ3) is 6.58. The van der Waals surface area contributed by atoms with Crippen molar-refractivity contribution in [1.29, 1.82) is 0 Å². The molecule has 5 nitrogen and oxygen atoms in total. The Balaban J connectivity index is 1.82. The second kappa shape index (κ2) is 10.1. The summed E-state index contributed by atoms with van der Waals surface area (Å²) < 4.78 is 57.3. The number of esters is 1. The molecule has 0 aliphatic carbocycles. The van der Waals surface area contributed by atoms with E-state index in [1.807, 2.05) is 0 Å². The minimum Gasteiger partial charge on any atom is -0.493 e. The van der Waals surface area contributed by atoms with Gasteiger partial charge in [-0.3, -0.25) is 0 Å². The zero-order chi connectivity index (χ0) is 19.6. The van der Waals surface area contributed by atoms with Crippen molar-refractivity contribution in [2.45, 2.75) is 6.61 Å². The molecule has 0 N–H and O–H groups in total. The molecule has 144 valence electrons. The predicted molar refractivity (Wildman–Crippen MR) is 91.5 cm³/mol. The smallest absolute Gasteiger partial charge is 0.387 e. The highest BCUT2D eigenvalue weighted by atomic mass is 19.3. The lowest BCUT2D eigenvalue weighted by Gasteiger charge is -2.10. The van der Waals surface area contributed by atoms with E-state index in [1.165, 1.54) is 49.6 Å². The summed E-state index contributed by atoms with van der Waals surface area (Å²) >= 11 is 0. The minimum absolute atomic E-state index is 0.00595. The van der Waals surface area contributed by atoms with E-state index in [9.17, 15) is 18.0 Å². The van der Waals surface area contributed by atoms with Gasteiger partial charge in [0.05, 0.1) is 7.11 Å². The molecule has 0 bridgehead atoms. The molecule has 0 aliphatic heterocycles. The first-order valence-electron chi connectivity index (χ1n) is 7.84. The lowest BCUT2D eigenvalue weighted by molar-refractivity contribution is -0.138. The van der Waals surface area contributed by atoms with Gasteiger partial charge in [-0.25, -0.2) is 9.18 Å². The van der Waals surface area contributed by atoms with Gasteiger partial charge in [0.2, 0.25) is 0 Å². The molecule has 0 heterocycles. The maximum atomic E-state index is 13.3. The summed E-state index contributed by atoms with van der Waals surface area (Å²) in [5.41, 5.74) is 0.521. The Bertz CT molecular complexity index is 793. The highest BCUT2D eigenvalue weighted by molar-refractivity contribution is 5.87.